The van der Waals surface area contributed by atoms with Crippen LogP contribution in [-0.2, 0) is 11.2 Å². The highest BCUT2D eigenvalue weighted by molar-refractivity contribution is 6.30. The molecule has 0 aromatic heterocycles. The lowest BCUT2D eigenvalue weighted by Crippen LogP contribution is -2.22. The lowest BCUT2D eigenvalue weighted by molar-refractivity contribution is -0.114. The van der Waals surface area contributed by atoms with E-state index in [9.17, 15) is 4.79 Å². The monoisotopic (exact) mass is 408 g/mol. The fourth-order valence-electron chi connectivity index (χ4n) is 2.91. The predicted molar refractivity (Wildman–Crippen MR) is 120 cm³/mol. The van der Waals surface area contributed by atoms with Crippen LogP contribution >= 0.6 is 11.6 Å². The second-order valence-corrected chi connectivity index (χ2v) is 7.26. The van der Waals surface area contributed by atoms with E-state index in [2.05, 4.69) is 34.9 Å². The van der Waals surface area contributed by atoms with Gasteiger partial charge in [0.25, 0.3) is 0 Å². The van der Waals surface area contributed by atoms with E-state index in [0.29, 0.717) is 11.6 Å². The molecule has 0 saturated carbocycles. The summed E-state index contributed by atoms with van der Waals surface area (Å²) in [5.74, 6) is 0.671. The van der Waals surface area contributed by atoms with Gasteiger partial charge in [0, 0.05) is 16.4 Å². The summed E-state index contributed by atoms with van der Waals surface area (Å²) in [6, 6.07) is 23.4. The summed E-state index contributed by atoms with van der Waals surface area (Å²) in [5.41, 5.74) is 3.94. The van der Waals surface area contributed by atoms with Gasteiger partial charge in [0.2, 0.25) is 5.91 Å². The van der Waals surface area contributed by atoms with E-state index >= 15 is 0 Å². The molecule has 1 amide bonds. The molecule has 3 aromatic carbocycles. The minimum absolute atomic E-state index is 0.124. The molecule has 0 unspecified atom stereocenters. The van der Waals surface area contributed by atoms with E-state index in [-0.39, 0.29) is 12.5 Å². The maximum atomic E-state index is 12.2. The molecule has 2 N–H and O–H groups in total. The first-order chi connectivity index (χ1) is 14.1. The van der Waals surface area contributed by atoms with Crippen molar-refractivity contribution in [3.8, 4) is 5.75 Å². The zero-order chi connectivity index (χ0) is 20.5. The number of carbonyl (C=O) groups excluding carboxylic acids is 1. The SMILES string of the molecule is Cc1ccc(Cl)cc1NCC(=O)Nc1ccc(OCCCc2ccccc2)cc1. The van der Waals surface area contributed by atoms with Crippen LogP contribution in [-0.4, -0.2) is 19.1 Å². The molecule has 0 saturated heterocycles. The van der Waals surface area contributed by atoms with Crippen LogP contribution in [0.25, 0.3) is 0 Å². The molecule has 29 heavy (non-hydrogen) atoms. The molecule has 0 fully saturated rings. The Morgan fingerprint density at radius 3 is 2.52 bits per heavy atom. The zero-order valence-corrected chi connectivity index (χ0v) is 17.2. The molecule has 0 aliphatic rings. The summed E-state index contributed by atoms with van der Waals surface area (Å²) in [4.78, 5) is 12.2. The van der Waals surface area contributed by atoms with E-state index in [4.69, 9.17) is 16.3 Å². The Morgan fingerprint density at radius 2 is 1.76 bits per heavy atom. The number of nitrogens with one attached hydrogen (secondary N) is 2. The molecule has 0 atom stereocenters. The van der Waals surface area contributed by atoms with Crippen LogP contribution < -0.4 is 15.4 Å². The number of ether oxygens (including phenoxy) is 1. The first-order valence-corrected chi connectivity index (χ1v) is 10.0. The quantitative estimate of drug-likeness (QED) is 0.446. The van der Waals surface area contributed by atoms with Gasteiger partial charge < -0.3 is 15.4 Å². The Bertz CT molecular complexity index is 927. The minimum atomic E-state index is -0.124. The zero-order valence-electron chi connectivity index (χ0n) is 16.5. The molecule has 3 rings (SSSR count). The van der Waals surface area contributed by atoms with E-state index in [1.54, 1.807) is 0 Å². The van der Waals surface area contributed by atoms with E-state index in [1.807, 2.05) is 55.5 Å². The molecule has 0 spiro atoms. The van der Waals surface area contributed by atoms with Crippen LogP contribution in [0.15, 0.2) is 72.8 Å². The fraction of sp³-hybridized carbons (Fsp3) is 0.208. The maximum absolute atomic E-state index is 12.2. The smallest absolute Gasteiger partial charge is 0.243 e. The highest BCUT2D eigenvalue weighted by Gasteiger charge is 2.05. The normalized spacial score (nSPS) is 10.4. The largest absolute Gasteiger partial charge is 0.494 e. The van der Waals surface area contributed by atoms with E-state index in [0.717, 1.165) is 35.5 Å². The van der Waals surface area contributed by atoms with E-state index < -0.39 is 0 Å². The minimum Gasteiger partial charge on any atom is -0.494 e. The first kappa shape index (κ1) is 20.7. The van der Waals surface area contributed by atoms with Gasteiger partial charge in [0.05, 0.1) is 13.2 Å². The number of rotatable bonds is 9. The summed E-state index contributed by atoms with van der Waals surface area (Å²) < 4.78 is 5.78. The summed E-state index contributed by atoms with van der Waals surface area (Å²) in [7, 11) is 0. The molecule has 0 aliphatic heterocycles. The van der Waals surface area contributed by atoms with Crippen molar-refractivity contribution in [1.82, 2.24) is 0 Å². The summed E-state index contributed by atoms with van der Waals surface area (Å²) >= 11 is 6.00. The van der Waals surface area contributed by atoms with Crippen LogP contribution in [0.4, 0.5) is 11.4 Å². The van der Waals surface area contributed by atoms with Crippen molar-refractivity contribution in [2.45, 2.75) is 19.8 Å². The van der Waals surface area contributed by atoms with Crippen LogP contribution in [0.2, 0.25) is 5.02 Å². The summed E-state index contributed by atoms with van der Waals surface area (Å²) in [5, 5.41) is 6.62. The number of benzene rings is 3. The second-order valence-electron chi connectivity index (χ2n) is 6.82. The molecular formula is C24H25ClN2O2. The number of anilines is 2. The summed E-state index contributed by atoms with van der Waals surface area (Å²) in [6.45, 7) is 2.79. The van der Waals surface area contributed by atoms with Crippen molar-refractivity contribution in [3.05, 3.63) is 88.9 Å². The predicted octanol–water partition coefficient (Wildman–Crippen LogP) is 5.71. The molecule has 3 aromatic rings. The van der Waals surface area contributed by atoms with Crippen molar-refractivity contribution >= 4 is 28.9 Å². The second kappa shape index (κ2) is 10.5. The van der Waals surface area contributed by atoms with Crippen molar-refractivity contribution in [3.63, 3.8) is 0 Å². The van der Waals surface area contributed by atoms with Crippen molar-refractivity contribution < 1.29 is 9.53 Å². The maximum Gasteiger partial charge on any atom is 0.243 e. The van der Waals surface area contributed by atoms with E-state index in [1.165, 1.54) is 5.56 Å². The van der Waals surface area contributed by atoms with Crippen LogP contribution in [0.3, 0.4) is 0 Å². The summed E-state index contributed by atoms with van der Waals surface area (Å²) in [6.07, 6.45) is 1.95. The lowest BCUT2D eigenvalue weighted by atomic mass is 10.1. The Labute approximate surface area is 176 Å². The lowest BCUT2D eigenvalue weighted by Gasteiger charge is -2.11. The van der Waals surface area contributed by atoms with Crippen molar-refractivity contribution in [2.24, 2.45) is 0 Å². The molecule has 0 bridgehead atoms. The average Bonchev–Trinajstić information content (AvgIpc) is 2.74. The molecule has 0 radical (unpaired) electrons. The number of hydrogen-bond acceptors (Lipinski definition) is 3. The molecule has 150 valence electrons. The van der Waals surface area contributed by atoms with Gasteiger partial charge in [0.1, 0.15) is 5.75 Å². The highest BCUT2D eigenvalue weighted by atomic mass is 35.5. The Balaban J connectivity index is 1.40. The highest BCUT2D eigenvalue weighted by Crippen LogP contribution is 2.20. The third-order valence-electron chi connectivity index (χ3n) is 4.50. The number of aryl methyl sites for hydroxylation is 2. The van der Waals surface area contributed by atoms with Gasteiger partial charge in [-0.3, -0.25) is 4.79 Å². The van der Waals surface area contributed by atoms with Gasteiger partial charge in [-0.15, -0.1) is 0 Å². The van der Waals surface area contributed by atoms with Gasteiger partial charge >= 0.3 is 0 Å². The number of carbonyl (C=O) groups is 1. The Kier molecular flexibility index (Phi) is 7.54. The molecular weight excluding hydrogens is 384 g/mol. The van der Waals surface area contributed by atoms with Crippen LogP contribution in [0, 0.1) is 6.92 Å². The molecule has 4 nitrogen and oxygen atoms in total. The van der Waals surface area contributed by atoms with Gasteiger partial charge in [0.15, 0.2) is 0 Å². The topological polar surface area (TPSA) is 50.4 Å². The Morgan fingerprint density at radius 1 is 1.00 bits per heavy atom. The van der Waals surface area contributed by atoms with Gasteiger partial charge in [-0.1, -0.05) is 48.0 Å². The number of halogens is 1. The molecule has 0 aliphatic carbocycles. The van der Waals surface area contributed by atoms with Crippen LogP contribution in [0.1, 0.15) is 17.5 Å². The average molecular weight is 409 g/mol. The van der Waals surface area contributed by atoms with Crippen molar-refractivity contribution in [2.75, 3.05) is 23.8 Å². The number of hydrogen-bond donors (Lipinski definition) is 2. The standard InChI is InChI=1S/C24H25ClN2O2/c1-18-9-10-20(25)16-23(18)26-17-24(28)27-21-11-13-22(14-12-21)29-15-5-8-19-6-3-2-4-7-19/h2-4,6-7,9-14,16,26H,5,8,15,17H2,1H3,(H,27,28). The Hall–Kier alpha value is -2.98. The number of amides is 1. The third kappa shape index (κ3) is 6.84. The fourth-order valence-corrected chi connectivity index (χ4v) is 3.08. The van der Waals surface area contributed by atoms with Gasteiger partial charge in [-0.05, 0) is 67.3 Å². The molecule has 0 heterocycles. The van der Waals surface area contributed by atoms with Gasteiger partial charge in [-0.2, -0.15) is 0 Å². The van der Waals surface area contributed by atoms with Gasteiger partial charge in [-0.25, -0.2) is 0 Å². The molecule has 5 heteroatoms. The van der Waals surface area contributed by atoms with Crippen molar-refractivity contribution in [1.29, 1.82) is 0 Å². The third-order valence-corrected chi connectivity index (χ3v) is 4.73. The van der Waals surface area contributed by atoms with Crippen LogP contribution in [0.5, 0.6) is 5.75 Å². The first-order valence-electron chi connectivity index (χ1n) is 9.67.